The maximum Gasteiger partial charge on any atom is 0.152 e. The lowest BCUT2D eigenvalue weighted by atomic mass is 9.78. The van der Waals surface area contributed by atoms with Crippen molar-refractivity contribution in [3.05, 3.63) is 59.6 Å². The van der Waals surface area contributed by atoms with E-state index in [1.807, 2.05) is 0 Å². The Balaban J connectivity index is 1.82. The summed E-state index contributed by atoms with van der Waals surface area (Å²) in [6.45, 7) is 9.91. The molecule has 1 aliphatic heterocycles. The van der Waals surface area contributed by atoms with Crippen LogP contribution in [0.5, 0.6) is 0 Å². The molecule has 3 N–H and O–H groups in total. The van der Waals surface area contributed by atoms with Gasteiger partial charge in [0.25, 0.3) is 0 Å². The molecule has 0 saturated heterocycles. The standard InChI is InChI=1S/C20H27N5O/c1-13(2)19(14(3)26)18(20-22-24-25-23-20)12-15-4-6-16(7-5-15)17-8-10-21-11-9-17/h4-8,13,18-19,21,26H,3,9-12H2,1-2H3,(H,22,23,24,25)/t18-,19+/m0/s1. The molecule has 3 rings (SSSR count). The number of hydrogen-bond acceptors (Lipinski definition) is 5. The number of allylic oxidation sites excluding steroid dienone is 1. The minimum absolute atomic E-state index is 0.0496. The normalized spacial score (nSPS) is 17.0. The first-order chi connectivity index (χ1) is 12.6. The first-order valence-electron chi connectivity index (χ1n) is 9.16. The van der Waals surface area contributed by atoms with Crippen molar-refractivity contribution < 1.29 is 5.11 Å². The van der Waals surface area contributed by atoms with E-state index in [1.54, 1.807) is 0 Å². The van der Waals surface area contributed by atoms with Gasteiger partial charge in [0, 0.05) is 18.4 Å². The maximum absolute atomic E-state index is 10.2. The van der Waals surface area contributed by atoms with Gasteiger partial charge in [0.1, 0.15) is 0 Å². The van der Waals surface area contributed by atoms with Crippen LogP contribution in [-0.4, -0.2) is 38.8 Å². The highest BCUT2D eigenvalue weighted by atomic mass is 16.3. The van der Waals surface area contributed by atoms with Crippen LogP contribution in [0.3, 0.4) is 0 Å². The van der Waals surface area contributed by atoms with Crippen molar-refractivity contribution in [2.45, 2.75) is 32.6 Å². The fourth-order valence-electron chi connectivity index (χ4n) is 3.79. The Labute approximate surface area is 154 Å². The van der Waals surface area contributed by atoms with Gasteiger partial charge in [-0.15, -0.1) is 5.10 Å². The van der Waals surface area contributed by atoms with Crippen LogP contribution in [-0.2, 0) is 6.42 Å². The summed E-state index contributed by atoms with van der Waals surface area (Å²) in [5.74, 6) is 0.923. The number of nitrogens with one attached hydrogen (secondary N) is 2. The molecule has 0 spiro atoms. The van der Waals surface area contributed by atoms with Crippen LogP contribution in [0.15, 0.2) is 42.7 Å². The topological polar surface area (TPSA) is 86.7 Å². The number of tetrazole rings is 1. The summed E-state index contributed by atoms with van der Waals surface area (Å²) < 4.78 is 0. The summed E-state index contributed by atoms with van der Waals surface area (Å²) in [4.78, 5) is 0. The van der Waals surface area contributed by atoms with E-state index in [0.717, 1.165) is 25.9 Å². The molecular weight excluding hydrogens is 326 g/mol. The van der Waals surface area contributed by atoms with Crippen LogP contribution in [0.2, 0.25) is 0 Å². The molecule has 0 radical (unpaired) electrons. The van der Waals surface area contributed by atoms with E-state index in [1.165, 1.54) is 16.7 Å². The molecule has 2 aromatic rings. The van der Waals surface area contributed by atoms with E-state index in [0.29, 0.717) is 5.82 Å². The lowest BCUT2D eigenvalue weighted by molar-refractivity contribution is 0.243. The first-order valence-corrected chi connectivity index (χ1v) is 9.16. The predicted octanol–water partition coefficient (Wildman–Crippen LogP) is 3.25. The van der Waals surface area contributed by atoms with E-state index >= 15 is 0 Å². The summed E-state index contributed by atoms with van der Waals surface area (Å²) in [5.41, 5.74) is 3.87. The molecule has 2 heterocycles. The Morgan fingerprint density at radius 3 is 2.58 bits per heavy atom. The maximum atomic E-state index is 10.2. The van der Waals surface area contributed by atoms with Gasteiger partial charge in [-0.3, -0.25) is 0 Å². The smallest absolute Gasteiger partial charge is 0.152 e. The average molecular weight is 353 g/mol. The molecule has 0 saturated carbocycles. The molecule has 6 nitrogen and oxygen atoms in total. The van der Waals surface area contributed by atoms with Gasteiger partial charge in [-0.05, 0) is 52.4 Å². The Bertz CT molecular complexity index is 749. The number of aromatic amines is 1. The molecule has 1 aliphatic rings. The molecule has 0 unspecified atom stereocenters. The van der Waals surface area contributed by atoms with Crippen LogP contribution < -0.4 is 5.32 Å². The highest BCUT2D eigenvalue weighted by molar-refractivity contribution is 5.66. The molecule has 138 valence electrons. The van der Waals surface area contributed by atoms with Crippen molar-refractivity contribution in [3.8, 4) is 0 Å². The molecule has 1 aromatic heterocycles. The van der Waals surface area contributed by atoms with Crippen LogP contribution in [0.4, 0.5) is 0 Å². The van der Waals surface area contributed by atoms with Gasteiger partial charge in [0.2, 0.25) is 0 Å². The van der Waals surface area contributed by atoms with Gasteiger partial charge in [-0.1, -0.05) is 50.8 Å². The zero-order valence-electron chi connectivity index (χ0n) is 15.4. The lowest BCUT2D eigenvalue weighted by Gasteiger charge is -2.27. The van der Waals surface area contributed by atoms with E-state index < -0.39 is 0 Å². The molecule has 0 aliphatic carbocycles. The number of H-pyrrole nitrogens is 1. The van der Waals surface area contributed by atoms with Crippen LogP contribution in [0.25, 0.3) is 5.57 Å². The summed E-state index contributed by atoms with van der Waals surface area (Å²) >= 11 is 0. The first kappa shape index (κ1) is 18.3. The van der Waals surface area contributed by atoms with Crippen LogP contribution in [0.1, 0.15) is 43.1 Å². The van der Waals surface area contributed by atoms with E-state index in [4.69, 9.17) is 0 Å². The van der Waals surface area contributed by atoms with Gasteiger partial charge >= 0.3 is 0 Å². The molecule has 0 fully saturated rings. The molecule has 26 heavy (non-hydrogen) atoms. The Morgan fingerprint density at radius 1 is 1.27 bits per heavy atom. The van der Waals surface area contributed by atoms with Crippen molar-refractivity contribution >= 4 is 5.57 Å². The number of benzene rings is 1. The predicted molar refractivity (Wildman–Crippen MR) is 103 cm³/mol. The van der Waals surface area contributed by atoms with Gasteiger partial charge in [0.15, 0.2) is 5.82 Å². The quantitative estimate of drug-likeness (QED) is 0.665. The molecule has 2 atom stereocenters. The second-order valence-corrected chi connectivity index (χ2v) is 7.24. The highest BCUT2D eigenvalue weighted by Crippen LogP contribution is 2.35. The molecule has 0 amide bonds. The zero-order valence-corrected chi connectivity index (χ0v) is 15.4. The summed E-state index contributed by atoms with van der Waals surface area (Å²) in [6.07, 6.45) is 4.05. The largest absolute Gasteiger partial charge is 0.513 e. The van der Waals surface area contributed by atoms with Crippen molar-refractivity contribution in [2.24, 2.45) is 11.8 Å². The number of aliphatic hydroxyl groups excluding tert-OH is 1. The Kier molecular flexibility index (Phi) is 5.83. The van der Waals surface area contributed by atoms with Crippen molar-refractivity contribution in [3.63, 3.8) is 0 Å². The van der Waals surface area contributed by atoms with Crippen LogP contribution in [0, 0.1) is 11.8 Å². The second-order valence-electron chi connectivity index (χ2n) is 7.24. The average Bonchev–Trinajstić information content (AvgIpc) is 3.16. The van der Waals surface area contributed by atoms with E-state index in [-0.39, 0.29) is 23.5 Å². The van der Waals surface area contributed by atoms with Crippen molar-refractivity contribution in [1.82, 2.24) is 25.9 Å². The van der Waals surface area contributed by atoms with Crippen molar-refractivity contribution in [2.75, 3.05) is 13.1 Å². The summed E-state index contributed by atoms with van der Waals surface area (Å²) in [7, 11) is 0. The van der Waals surface area contributed by atoms with Gasteiger partial charge in [-0.25, -0.2) is 5.10 Å². The second kappa shape index (κ2) is 8.27. The number of nitrogens with zero attached hydrogens (tertiary/aromatic N) is 3. The summed E-state index contributed by atoms with van der Waals surface area (Å²) in [6, 6.07) is 8.68. The Hall–Kier alpha value is -2.47. The lowest BCUT2D eigenvalue weighted by Crippen LogP contribution is -2.23. The zero-order chi connectivity index (χ0) is 18.5. The number of aliphatic hydroxyl groups is 1. The van der Waals surface area contributed by atoms with Gasteiger partial charge in [0.05, 0.1) is 5.76 Å². The number of hydrogen-bond donors (Lipinski definition) is 3. The van der Waals surface area contributed by atoms with Crippen molar-refractivity contribution in [1.29, 1.82) is 0 Å². The third kappa shape index (κ3) is 4.19. The molecule has 6 heteroatoms. The van der Waals surface area contributed by atoms with E-state index in [2.05, 4.69) is 76.7 Å². The Morgan fingerprint density at radius 2 is 2.04 bits per heavy atom. The van der Waals surface area contributed by atoms with Gasteiger partial charge in [-0.2, -0.15) is 0 Å². The minimum Gasteiger partial charge on any atom is -0.513 e. The fourth-order valence-corrected chi connectivity index (χ4v) is 3.79. The monoisotopic (exact) mass is 353 g/mol. The van der Waals surface area contributed by atoms with Gasteiger partial charge < -0.3 is 10.4 Å². The molecule has 0 bridgehead atoms. The molecule has 1 aromatic carbocycles. The molecular formula is C20H27N5O. The minimum atomic E-state index is -0.114. The number of rotatable bonds is 7. The SMILES string of the molecule is C=C(O)[C@@H](C(C)C)[C@H](Cc1ccc(C2=CCNCC2)cc1)c1nnn[nH]1. The fraction of sp³-hybridized carbons (Fsp3) is 0.450. The highest BCUT2D eigenvalue weighted by Gasteiger charge is 2.31. The van der Waals surface area contributed by atoms with E-state index in [9.17, 15) is 5.11 Å². The number of aromatic nitrogens is 4. The third-order valence-corrected chi connectivity index (χ3v) is 5.09. The third-order valence-electron chi connectivity index (χ3n) is 5.09. The summed E-state index contributed by atoms with van der Waals surface area (Å²) in [5, 5.41) is 27.9. The van der Waals surface area contributed by atoms with Crippen LogP contribution >= 0.6 is 0 Å².